The molecule has 0 atom stereocenters. The fraction of sp³-hybridized carbons (Fsp3) is 0.360. The summed E-state index contributed by atoms with van der Waals surface area (Å²) in [6.07, 6.45) is 6.42. The van der Waals surface area contributed by atoms with Crippen molar-refractivity contribution in [2.45, 2.75) is 57.5 Å². The van der Waals surface area contributed by atoms with Crippen LogP contribution in [0.3, 0.4) is 0 Å². The number of furan rings is 1. The van der Waals surface area contributed by atoms with E-state index in [2.05, 4.69) is 5.32 Å². The first-order valence-corrected chi connectivity index (χ1v) is 10.9. The van der Waals surface area contributed by atoms with Gasteiger partial charge in [-0.2, -0.15) is 0 Å². The number of nitrogens with one attached hydrogen (secondary N) is 1. The molecular weight excluding hydrogens is 416 g/mol. The number of halogens is 2. The highest BCUT2D eigenvalue weighted by Gasteiger charge is 2.42. The highest BCUT2D eigenvalue weighted by atomic mass is 19.1. The zero-order valence-corrected chi connectivity index (χ0v) is 17.7. The van der Waals surface area contributed by atoms with E-state index in [4.69, 9.17) is 9.15 Å². The summed E-state index contributed by atoms with van der Waals surface area (Å²) in [5.74, 6) is -1.82. The van der Waals surface area contributed by atoms with Gasteiger partial charge in [-0.25, -0.2) is 8.78 Å². The van der Waals surface area contributed by atoms with Crippen LogP contribution in [-0.2, 0) is 0 Å². The molecule has 1 fully saturated rings. The molecule has 5 rings (SSSR count). The first kappa shape index (κ1) is 20.7. The third kappa shape index (κ3) is 3.45. The Kier molecular flexibility index (Phi) is 4.99. The van der Waals surface area contributed by atoms with E-state index in [0.717, 1.165) is 50.7 Å². The average Bonchev–Trinajstić information content (AvgIpc) is 2.93. The number of Topliss-reactive ketones (excluding diaryl/α,β-unsaturated/α-hetero) is 1. The summed E-state index contributed by atoms with van der Waals surface area (Å²) >= 11 is 0. The Balaban J connectivity index is 1.52. The number of hydrogen-bond donors (Lipinski definition) is 1. The molecule has 0 bridgehead atoms. The average molecular weight is 439 g/mol. The van der Waals surface area contributed by atoms with Crippen LogP contribution < -0.4 is 10.1 Å². The van der Waals surface area contributed by atoms with Crippen LogP contribution in [0.4, 0.5) is 14.5 Å². The molecule has 166 valence electrons. The van der Waals surface area contributed by atoms with E-state index in [-0.39, 0.29) is 17.2 Å². The smallest absolute Gasteiger partial charge is 0.291 e. The van der Waals surface area contributed by atoms with Crippen molar-refractivity contribution in [3.05, 3.63) is 58.9 Å². The van der Waals surface area contributed by atoms with Crippen molar-refractivity contribution < 1.29 is 27.5 Å². The minimum atomic E-state index is -0.887. The minimum absolute atomic E-state index is 0.0146. The Bertz CT molecular complexity index is 1240. The van der Waals surface area contributed by atoms with Crippen molar-refractivity contribution in [1.82, 2.24) is 0 Å². The predicted octanol–water partition coefficient (Wildman–Crippen LogP) is 6.33. The van der Waals surface area contributed by atoms with E-state index in [1.54, 1.807) is 19.1 Å². The lowest BCUT2D eigenvalue weighted by Crippen LogP contribution is -2.41. The SMILES string of the molecule is Cc1c(C(=O)Nc2ccc(F)cc2F)oc2ccc3c(c12)C(=O)CC1(CCCCCC1)O3. The number of benzene rings is 2. The van der Waals surface area contributed by atoms with Crippen LogP contribution in [0.1, 0.15) is 71.4 Å². The van der Waals surface area contributed by atoms with Crippen LogP contribution in [0.2, 0.25) is 0 Å². The van der Waals surface area contributed by atoms with Gasteiger partial charge in [-0.05, 0) is 56.9 Å². The van der Waals surface area contributed by atoms with Crippen LogP contribution in [0, 0.1) is 18.6 Å². The van der Waals surface area contributed by atoms with E-state index in [1.807, 2.05) is 0 Å². The molecule has 32 heavy (non-hydrogen) atoms. The highest BCUT2D eigenvalue weighted by molar-refractivity contribution is 6.14. The van der Waals surface area contributed by atoms with Crippen LogP contribution in [0.15, 0.2) is 34.7 Å². The number of carbonyl (C=O) groups is 2. The molecule has 0 unspecified atom stereocenters. The number of fused-ring (bicyclic) bond motifs is 3. The van der Waals surface area contributed by atoms with Crippen LogP contribution in [-0.4, -0.2) is 17.3 Å². The number of hydrogen-bond acceptors (Lipinski definition) is 4. The second-order valence-corrected chi connectivity index (χ2v) is 8.75. The van der Waals surface area contributed by atoms with Crippen LogP contribution >= 0.6 is 0 Å². The largest absolute Gasteiger partial charge is 0.486 e. The summed E-state index contributed by atoms with van der Waals surface area (Å²) in [6.45, 7) is 1.69. The van der Waals surface area contributed by atoms with Crippen molar-refractivity contribution in [2.75, 3.05) is 5.32 Å². The molecule has 7 heteroatoms. The lowest BCUT2D eigenvalue weighted by atomic mass is 9.83. The summed E-state index contributed by atoms with van der Waals surface area (Å²) in [5.41, 5.74) is 0.690. The molecule has 2 aromatic carbocycles. The fourth-order valence-corrected chi connectivity index (χ4v) is 4.97. The van der Waals surface area contributed by atoms with Gasteiger partial charge in [-0.1, -0.05) is 12.8 Å². The zero-order valence-electron chi connectivity index (χ0n) is 17.7. The molecule has 1 spiro atoms. The van der Waals surface area contributed by atoms with Gasteiger partial charge in [0.05, 0.1) is 17.7 Å². The van der Waals surface area contributed by atoms with Crippen molar-refractivity contribution in [3.63, 3.8) is 0 Å². The Hall–Kier alpha value is -3.22. The van der Waals surface area contributed by atoms with Gasteiger partial charge in [0.25, 0.3) is 5.91 Å². The first-order valence-electron chi connectivity index (χ1n) is 10.9. The molecule has 1 saturated carbocycles. The van der Waals surface area contributed by atoms with E-state index >= 15 is 0 Å². The van der Waals surface area contributed by atoms with Gasteiger partial charge in [0.15, 0.2) is 11.5 Å². The van der Waals surface area contributed by atoms with Crippen molar-refractivity contribution in [2.24, 2.45) is 0 Å². The van der Waals surface area contributed by atoms with Crippen molar-refractivity contribution in [3.8, 4) is 5.75 Å². The zero-order chi connectivity index (χ0) is 22.5. The lowest BCUT2D eigenvalue weighted by molar-refractivity contribution is 0.0301. The van der Waals surface area contributed by atoms with E-state index in [1.165, 1.54) is 0 Å². The molecule has 1 aromatic heterocycles. The summed E-state index contributed by atoms with van der Waals surface area (Å²) in [5, 5.41) is 2.95. The van der Waals surface area contributed by atoms with Gasteiger partial charge in [0.1, 0.15) is 28.6 Å². The Morgan fingerprint density at radius 3 is 2.53 bits per heavy atom. The Morgan fingerprint density at radius 2 is 1.81 bits per heavy atom. The van der Waals surface area contributed by atoms with Gasteiger partial charge in [-0.3, -0.25) is 9.59 Å². The molecule has 1 N–H and O–H groups in total. The molecule has 1 amide bonds. The summed E-state index contributed by atoms with van der Waals surface area (Å²) in [7, 11) is 0. The Morgan fingerprint density at radius 1 is 1.06 bits per heavy atom. The maximum absolute atomic E-state index is 14.0. The van der Waals surface area contributed by atoms with E-state index in [0.29, 0.717) is 40.3 Å². The molecule has 1 aliphatic carbocycles. The number of amides is 1. The first-order chi connectivity index (χ1) is 15.4. The van der Waals surface area contributed by atoms with Gasteiger partial charge < -0.3 is 14.5 Å². The predicted molar refractivity (Wildman–Crippen MR) is 115 cm³/mol. The third-order valence-corrected chi connectivity index (χ3v) is 6.54. The number of anilines is 1. The van der Waals surface area contributed by atoms with Crippen LogP contribution in [0.5, 0.6) is 5.75 Å². The maximum Gasteiger partial charge on any atom is 0.291 e. The summed E-state index contributed by atoms with van der Waals surface area (Å²) < 4.78 is 39.3. The van der Waals surface area contributed by atoms with Crippen molar-refractivity contribution >= 4 is 28.3 Å². The van der Waals surface area contributed by atoms with Gasteiger partial charge in [-0.15, -0.1) is 0 Å². The second-order valence-electron chi connectivity index (χ2n) is 8.75. The van der Waals surface area contributed by atoms with E-state index in [9.17, 15) is 18.4 Å². The molecule has 2 aliphatic rings. The quantitative estimate of drug-likeness (QED) is 0.507. The number of aryl methyl sites for hydroxylation is 1. The van der Waals surface area contributed by atoms with Crippen molar-refractivity contribution in [1.29, 1.82) is 0 Å². The third-order valence-electron chi connectivity index (χ3n) is 6.54. The van der Waals surface area contributed by atoms with Gasteiger partial charge >= 0.3 is 0 Å². The second kappa shape index (κ2) is 7.73. The normalized spacial score (nSPS) is 17.7. The molecule has 0 saturated heterocycles. The molecule has 5 nitrogen and oxygen atoms in total. The van der Waals surface area contributed by atoms with Crippen LogP contribution in [0.25, 0.3) is 11.0 Å². The fourth-order valence-electron chi connectivity index (χ4n) is 4.97. The molecule has 1 aliphatic heterocycles. The lowest BCUT2D eigenvalue weighted by Gasteiger charge is -2.37. The molecule has 3 aromatic rings. The van der Waals surface area contributed by atoms with Gasteiger partial charge in [0, 0.05) is 17.0 Å². The number of rotatable bonds is 2. The Labute approximate surface area is 183 Å². The monoisotopic (exact) mass is 439 g/mol. The summed E-state index contributed by atoms with van der Waals surface area (Å²) in [6, 6.07) is 6.31. The maximum atomic E-state index is 14.0. The summed E-state index contributed by atoms with van der Waals surface area (Å²) in [4.78, 5) is 26.1. The molecule has 2 heterocycles. The van der Waals surface area contributed by atoms with Gasteiger partial charge in [0.2, 0.25) is 0 Å². The number of ether oxygens (including phenoxy) is 1. The van der Waals surface area contributed by atoms with E-state index < -0.39 is 23.1 Å². The standard InChI is InChI=1S/C25H23F2NO4/c1-14-21-19(31-23(14)24(30)28-17-7-6-15(26)12-16(17)27)8-9-20-22(21)18(29)13-25(32-20)10-4-2-3-5-11-25/h6-9,12H,2-5,10-11,13H2,1H3,(H,28,30). The molecular formula is C25H23F2NO4. The number of carbonyl (C=O) groups excluding carboxylic acids is 2. The topological polar surface area (TPSA) is 68.5 Å². The molecule has 0 radical (unpaired) electrons. The number of ketones is 1. The minimum Gasteiger partial charge on any atom is -0.486 e. The highest BCUT2D eigenvalue weighted by Crippen LogP contribution is 2.44.